The van der Waals surface area contributed by atoms with Crippen molar-refractivity contribution in [3.05, 3.63) is 29.3 Å². The number of thiocarbonyl (C=S) groups is 1. The number of rotatable bonds is 5. The van der Waals surface area contributed by atoms with Crippen molar-refractivity contribution in [2.24, 2.45) is 0 Å². The van der Waals surface area contributed by atoms with Crippen LogP contribution in [0.25, 0.3) is 0 Å². The Morgan fingerprint density at radius 3 is 2.54 bits per heavy atom. The fourth-order valence-corrected chi connectivity index (χ4v) is 4.78. The Morgan fingerprint density at radius 2 is 1.96 bits per heavy atom. The van der Waals surface area contributed by atoms with E-state index in [0.29, 0.717) is 24.6 Å². The summed E-state index contributed by atoms with van der Waals surface area (Å²) in [6.45, 7) is 7.13. The van der Waals surface area contributed by atoms with Gasteiger partial charge in [0.1, 0.15) is 0 Å². The minimum atomic E-state index is -3.09. The third kappa shape index (κ3) is 5.16. The van der Waals surface area contributed by atoms with Crippen molar-refractivity contribution < 1.29 is 8.42 Å². The predicted molar refractivity (Wildman–Crippen MR) is 104 cm³/mol. The molecule has 24 heavy (non-hydrogen) atoms. The van der Waals surface area contributed by atoms with Crippen molar-refractivity contribution in [3.63, 3.8) is 0 Å². The summed E-state index contributed by atoms with van der Waals surface area (Å²) >= 11 is 5.40. The zero-order valence-corrected chi connectivity index (χ0v) is 16.3. The molecular weight excluding hydrogens is 342 g/mol. The van der Waals surface area contributed by atoms with Gasteiger partial charge in [-0.2, -0.15) is 0 Å². The molecule has 134 valence electrons. The fourth-order valence-electron chi connectivity index (χ4n) is 2.96. The van der Waals surface area contributed by atoms with Crippen molar-refractivity contribution in [1.29, 1.82) is 0 Å². The number of anilines is 1. The van der Waals surface area contributed by atoms with E-state index in [2.05, 4.69) is 36.6 Å². The molecule has 1 aliphatic rings. The van der Waals surface area contributed by atoms with Crippen LogP contribution in [0.15, 0.2) is 18.2 Å². The molecule has 5 nitrogen and oxygen atoms in total. The number of hydrogen-bond donors (Lipinski definition) is 2. The number of nitrogens with one attached hydrogen (secondary N) is 2. The maximum Gasteiger partial charge on any atom is 0.214 e. The minimum absolute atomic E-state index is 0.212. The summed E-state index contributed by atoms with van der Waals surface area (Å²) in [5.74, 6) is 0.234. The zero-order valence-electron chi connectivity index (χ0n) is 14.6. The number of piperidine rings is 1. The molecule has 2 rings (SSSR count). The van der Waals surface area contributed by atoms with Gasteiger partial charge in [0.2, 0.25) is 10.0 Å². The summed E-state index contributed by atoms with van der Waals surface area (Å²) in [6, 6.07) is 6.40. The Labute approximate surface area is 150 Å². The largest absolute Gasteiger partial charge is 0.360 e. The maximum absolute atomic E-state index is 12.1. The van der Waals surface area contributed by atoms with E-state index in [9.17, 15) is 8.42 Å². The molecule has 0 unspecified atom stereocenters. The molecule has 0 aromatic heterocycles. The Hall–Kier alpha value is -1.18. The summed E-state index contributed by atoms with van der Waals surface area (Å²) in [7, 11) is -3.09. The van der Waals surface area contributed by atoms with Gasteiger partial charge in [-0.15, -0.1) is 0 Å². The highest BCUT2D eigenvalue weighted by Crippen LogP contribution is 2.17. The highest BCUT2D eigenvalue weighted by Gasteiger charge is 2.27. The van der Waals surface area contributed by atoms with Crippen molar-refractivity contribution in [2.45, 2.75) is 46.1 Å². The molecule has 1 heterocycles. The van der Waals surface area contributed by atoms with Crippen LogP contribution in [0.1, 0.15) is 37.3 Å². The zero-order chi connectivity index (χ0) is 17.7. The first-order chi connectivity index (χ1) is 11.3. The number of sulfonamides is 1. The summed E-state index contributed by atoms with van der Waals surface area (Å²) in [5.41, 5.74) is 3.37. The van der Waals surface area contributed by atoms with Gasteiger partial charge in [0.25, 0.3) is 0 Å². The lowest BCUT2D eigenvalue weighted by molar-refractivity contribution is 0.308. The summed E-state index contributed by atoms with van der Waals surface area (Å²) < 4.78 is 25.8. The molecule has 0 spiro atoms. The van der Waals surface area contributed by atoms with Gasteiger partial charge in [-0.3, -0.25) is 0 Å². The number of nitrogens with zero attached hydrogens (tertiary/aromatic N) is 1. The van der Waals surface area contributed by atoms with E-state index in [1.807, 2.05) is 13.0 Å². The molecule has 2 N–H and O–H groups in total. The monoisotopic (exact) mass is 369 g/mol. The minimum Gasteiger partial charge on any atom is -0.360 e. The van der Waals surface area contributed by atoms with Crippen LogP contribution in [-0.4, -0.2) is 42.7 Å². The van der Waals surface area contributed by atoms with E-state index in [1.54, 1.807) is 4.31 Å². The van der Waals surface area contributed by atoms with Crippen LogP contribution in [0.2, 0.25) is 0 Å². The Morgan fingerprint density at radius 1 is 1.29 bits per heavy atom. The molecule has 0 bridgehead atoms. The number of benzene rings is 1. The number of aryl methyl sites for hydroxylation is 2. The van der Waals surface area contributed by atoms with Crippen LogP contribution in [0.3, 0.4) is 0 Å². The molecule has 1 fully saturated rings. The second kappa shape index (κ2) is 8.27. The second-order valence-electron chi connectivity index (χ2n) is 6.41. The van der Waals surface area contributed by atoms with Gasteiger partial charge in [-0.05, 0) is 57.0 Å². The predicted octanol–water partition coefficient (Wildman–Crippen LogP) is 2.79. The van der Waals surface area contributed by atoms with Gasteiger partial charge in [-0.25, -0.2) is 12.7 Å². The van der Waals surface area contributed by atoms with Crippen LogP contribution in [0, 0.1) is 13.8 Å². The van der Waals surface area contributed by atoms with Gasteiger partial charge in [0.15, 0.2) is 5.11 Å². The summed E-state index contributed by atoms with van der Waals surface area (Å²) in [6.07, 6.45) is 2.21. The third-order valence-electron chi connectivity index (χ3n) is 4.27. The van der Waals surface area contributed by atoms with Gasteiger partial charge in [0.05, 0.1) is 5.75 Å². The van der Waals surface area contributed by atoms with Crippen LogP contribution in [-0.2, 0) is 10.0 Å². The Balaban J connectivity index is 1.84. The number of hydrogen-bond acceptors (Lipinski definition) is 3. The van der Waals surface area contributed by atoms with E-state index in [1.165, 1.54) is 5.56 Å². The fraction of sp³-hybridized carbons (Fsp3) is 0.588. The molecule has 1 aromatic carbocycles. The maximum atomic E-state index is 12.1. The molecule has 0 aliphatic carbocycles. The smallest absolute Gasteiger partial charge is 0.214 e. The Kier molecular flexibility index (Phi) is 6.60. The van der Waals surface area contributed by atoms with Crippen molar-refractivity contribution in [1.82, 2.24) is 9.62 Å². The molecule has 0 amide bonds. The van der Waals surface area contributed by atoms with E-state index >= 15 is 0 Å². The van der Waals surface area contributed by atoms with Gasteiger partial charge in [-0.1, -0.05) is 24.6 Å². The van der Waals surface area contributed by atoms with Crippen LogP contribution < -0.4 is 10.6 Å². The summed E-state index contributed by atoms with van der Waals surface area (Å²) in [5, 5.41) is 7.14. The standard InChI is InChI=1S/C17H27N3O2S2/c1-4-11-24(21,22)20-9-7-15(8-10-20)18-17(23)19-16-6-5-13(2)12-14(16)3/h5-6,12,15H,4,7-11H2,1-3H3,(H2,18,19,23). The lowest BCUT2D eigenvalue weighted by Gasteiger charge is -2.32. The van der Waals surface area contributed by atoms with Crippen LogP contribution in [0.5, 0.6) is 0 Å². The van der Waals surface area contributed by atoms with Crippen LogP contribution >= 0.6 is 12.2 Å². The van der Waals surface area contributed by atoms with Gasteiger partial charge >= 0.3 is 0 Å². The molecule has 1 saturated heterocycles. The molecule has 0 saturated carbocycles. The molecule has 0 radical (unpaired) electrons. The normalized spacial score (nSPS) is 16.8. The SMILES string of the molecule is CCCS(=O)(=O)N1CCC(NC(=S)Nc2ccc(C)cc2C)CC1. The van der Waals surface area contributed by atoms with Crippen LogP contribution in [0.4, 0.5) is 5.69 Å². The summed E-state index contributed by atoms with van der Waals surface area (Å²) in [4.78, 5) is 0. The topological polar surface area (TPSA) is 61.4 Å². The van der Waals surface area contributed by atoms with E-state index in [-0.39, 0.29) is 11.8 Å². The van der Waals surface area contributed by atoms with Gasteiger partial charge < -0.3 is 10.6 Å². The van der Waals surface area contributed by atoms with E-state index in [0.717, 1.165) is 24.1 Å². The lowest BCUT2D eigenvalue weighted by atomic mass is 10.1. The Bertz CT molecular complexity index is 681. The molecule has 0 atom stereocenters. The first kappa shape index (κ1) is 19.1. The third-order valence-corrected chi connectivity index (χ3v) is 6.57. The molecule has 1 aromatic rings. The van der Waals surface area contributed by atoms with Crippen molar-refractivity contribution in [3.8, 4) is 0 Å². The van der Waals surface area contributed by atoms with Gasteiger partial charge in [0, 0.05) is 24.8 Å². The first-order valence-corrected chi connectivity index (χ1v) is 10.5. The van der Waals surface area contributed by atoms with Crippen molar-refractivity contribution in [2.75, 3.05) is 24.2 Å². The molecule has 1 aliphatic heterocycles. The molecule has 7 heteroatoms. The lowest BCUT2D eigenvalue weighted by Crippen LogP contribution is -2.47. The highest BCUT2D eigenvalue weighted by molar-refractivity contribution is 7.89. The second-order valence-corrected chi connectivity index (χ2v) is 8.90. The highest BCUT2D eigenvalue weighted by atomic mass is 32.2. The average Bonchev–Trinajstić information content (AvgIpc) is 2.50. The first-order valence-electron chi connectivity index (χ1n) is 8.44. The van der Waals surface area contributed by atoms with E-state index in [4.69, 9.17) is 12.2 Å². The van der Waals surface area contributed by atoms with E-state index < -0.39 is 10.0 Å². The molecular formula is C17H27N3O2S2. The van der Waals surface area contributed by atoms with Crippen molar-refractivity contribution >= 4 is 33.0 Å². The average molecular weight is 370 g/mol. The quantitative estimate of drug-likeness (QED) is 0.782.